The topological polar surface area (TPSA) is 46.0 Å². The van der Waals surface area contributed by atoms with E-state index in [1.807, 2.05) is 13.0 Å². The van der Waals surface area contributed by atoms with Gasteiger partial charge >= 0.3 is 0 Å². The Balaban J connectivity index is 2.27. The van der Waals surface area contributed by atoms with Gasteiger partial charge in [-0.05, 0) is 43.5 Å². The average molecular weight is 242 g/mol. The molecule has 0 aliphatic rings. The zero-order valence-corrected chi connectivity index (χ0v) is 11.1. The molecule has 0 spiro atoms. The first-order valence-electron chi connectivity index (χ1n) is 6.09. The lowest BCUT2D eigenvalue weighted by Gasteiger charge is -2.06. The lowest BCUT2D eigenvalue weighted by Crippen LogP contribution is -2.02. The molecule has 1 heterocycles. The van der Waals surface area contributed by atoms with Gasteiger partial charge < -0.3 is 5.11 Å². The summed E-state index contributed by atoms with van der Waals surface area (Å²) in [5, 5.41) is 9.14. The van der Waals surface area contributed by atoms with Crippen LogP contribution < -0.4 is 0 Å². The van der Waals surface area contributed by atoms with Gasteiger partial charge in [0.15, 0.2) is 0 Å². The van der Waals surface area contributed by atoms with E-state index in [0.29, 0.717) is 12.1 Å². The summed E-state index contributed by atoms with van der Waals surface area (Å²) in [6.45, 7) is 6.09. The van der Waals surface area contributed by atoms with E-state index in [1.54, 1.807) is 0 Å². The Morgan fingerprint density at radius 1 is 1.00 bits per heavy atom. The maximum Gasteiger partial charge on any atom is 0.133 e. The highest BCUT2D eigenvalue weighted by Gasteiger charge is 2.04. The summed E-state index contributed by atoms with van der Waals surface area (Å²) in [4.78, 5) is 8.75. The summed E-state index contributed by atoms with van der Waals surface area (Å²) in [5.41, 5.74) is 5.35. The normalized spacial score (nSPS) is 10.7. The Hall–Kier alpha value is -1.74. The summed E-state index contributed by atoms with van der Waals surface area (Å²) >= 11 is 0. The molecular weight excluding hydrogens is 224 g/mol. The fraction of sp³-hybridized carbons (Fsp3) is 0.333. The molecule has 1 aromatic carbocycles. The SMILES string of the molecule is Cc1cc(CO)nc(Cc2ccc(C)c(C)c2)n1. The Morgan fingerprint density at radius 3 is 2.44 bits per heavy atom. The molecule has 3 nitrogen and oxygen atoms in total. The van der Waals surface area contributed by atoms with Crippen molar-refractivity contribution in [1.29, 1.82) is 0 Å². The van der Waals surface area contributed by atoms with Gasteiger partial charge in [0.2, 0.25) is 0 Å². The van der Waals surface area contributed by atoms with Gasteiger partial charge in [0, 0.05) is 12.1 Å². The van der Waals surface area contributed by atoms with Crippen LogP contribution in [-0.2, 0) is 13.0 Å². The van der Waals surface area contributed by atoms with Crippen LogP contribution in [0, 0.1) is 20.8 Å². The molecule has 0 radical (unpaired) electrons. The van der Waals surface area contributed by atoms with Crippen LogP contribution >= 0.6 is 0 Å². The summed E-state index contributed by atoms with van der Waals surface area (Å²) in [6, 6.07) is 8.20. The first-order chi connectivity index (χ1) is 8.58. The Labute approximate surface area is 108 Å². The van der Waals surface area contributed by atoms with Gasteiger partial charge in [0.05, 0.1) is 12.3 Å². The molecule has 0 aliphatic carbocycles. The quantitative estimate of drug-likeness (QED) is 0.899. The molecule has 1 aromatic heterocycles. The number of aliphatic hydroxyl groups excluding tert-OH is 1. The Bertz CT molecular complexity index is 564. The highest BCUT2D eigenvalue weighted by atomic mass is 16.3. The highest BCUT2D eigenvalue weighted by molar-refractivity contribution is 5.31. The van der Waals surface area contributed by atoms with Crippen molar-refractivity contribution in [2.75, 3.05) is 0 Å². The molecule has 0 saturated carbocycles. The van der Waals surface area contributed by atoms with Crippen LogP contribution in [0.4, 0.5) is 0 Å². The van der Waals surface area contributed by atoms with E-state index in [9.17, 15) is 0 Å². The number of nitrogens with zero attached hydrogens (tertiary/aromatic N) is 2. The van der Waals surface area contributed by atoms with Gasteiger partial charge in [-0.1, -0.05) is 18.2 Å². The van der Waals surface area contributed by atoms with E-state index in [2.05, 4.69) is 42.0 Å². The monoisotopic (exact) mass is 242 g/mol. The van der Waals surface area contributed by atoms with Crippen molar-refractivity contribution in [2.24, 2.45) is 0 Å². The van der Waals surface area contributed by atoms with Crippen LogP contribution in [0.2, 0.25) is 0 Å². The predicted octanol–water partition coefficient (Wildman–Crippen LogP) is 2.48. The van der Waals surface area contributed by atoms with E-state index < -0.39 is 0 Å². The van der Waals surface area contributed by atoms with Crippen molar-refractivity contribution in [3.8, 4) is 0 Å². The predicted molar refractivity (Wildman–Crippen MR) is 71.4 cm³/mol. The van der Waals surface area contributed by atoms with Gasteiger partial charge in [-0.15, -0.1) is 0 Å². The largest absolute Gasteiger partial charge is 0.390 e. The lowest BCUT2D eigenvalue weighted by atomic mass is 10.0. The minimum Gasteiger partial charge on any atom is -0.390 e. The van der Waals surface area contributed by atoms with Crippen molar-refractivity contribution >= 4 is 0 Å². The number of rotatable bonds is 3. The molecule has 1 N–H and O–H groups in total. The maximum absolute atomic E-state index is 9.14. The summed E-state index contributed by atoms with van der Waals surface area (Å²) in [6.07, 6.45) is 0.704. The second-order valence-corrected chi connectivity index (χ2v) is 4.67. The summed E-state index contributed by atoms with van der Waals surface area (Å²) in [7, 11) is 0. The molecule has 94 valence electrons. The van der Waals surface area contributed by atoms with Crippen molar-refractivity contribution in [3.63, 3.8) is 0 Å². The standard InChI is InChI=1S/C15H18N2O/c1-10-4-5-13(6-11(10)2)8-15-16-12(3)7-14(9-18)17-15/h4-7,18H,8-9H2,1-3H3. The van der Waals surface area contributed by atoms with Crippen LogP contribution in [-0.4, -0.2) is 15.1 Å². The van der Waals surface area contributed by atoms with Crippen molar-refractivity contribution in [1.82, 2.24) is 9.97 Å². The maximum atomic E-state index is 9.14. The third-order valence-corrected chi connectivity index (χ3v) is 3.05. The third kappa shape index (κ3) is 2.93. The lowest BCUT2D eigenvalue weighted by molar-refractivity contribution is 0.276. The van der Waals surface area contributed by atoms with Crippen LogP contribution in [0.15, 0.2) is 24.3 Å². The number of aromatic nitrogens is 2. The van der Waals surface area contributed by atoms with Gasteiger partial charge in [-0.3, -0.25) is 0 Å². The molecule has 0 saturated heterocycles. The van der Waals surface area contributed by atoms with Gasteiger partial charge in [-0.25, -0.2) is 9.97 Å². The van der Waals surface area contributed by atoms with Crippen LogP contribution in [0.25, 0.3) is 0 Å². The van der Waals surface area contributed by atoms with Gasteiger partial charge in [0.1, 0.15) is 5.82 Å². The summed E-state index contributed by atoms with van der Waals surface area (Å²) < 4.78 is 0. The number of hydrogen-bond donors (Lipinski definition) is 1. The first kappa shape index (κ1) is 12.7. The fourth-order valence-electron chi connectivity index (χ4n) is 1.96. The number of hydrogen-bond acceptors (Lipinski definition) is 3. The van der Waals surface area contributed by atoms with E-state index in [0.717, 1.165) is 11.5 Å². The second-order valence-electron chi connectivity index (χ2n) is 4.67. The van der Waals surface area contributed by atoms with Crippen molar-refractivity contribution < 1.29 is 5.11 Å². The third-order valence-electron chi connectivity index (χ3n) is 3.05. The molecule has 0 fully saturated rings. The first-order valence-corrected chi connectivity index (χ1v) is 6.09. The smallest absolute Gasteiger partial charge is 0.133 e. The second kappa shape index (κ2) is 5.27. The van der Waals surface area contributed by atoms with E-state index in [4.69, 9.17) is 5.11 Å². The van der Waals surface area contributed by atoms with E-state index >= 15 is 0 Å². The fourth-order valence-corrected chi connectivity index (χ4v) is 1.96. The molecule has 18 heavy (non-hydrogen) atoms. The molecule has 0 bridgehead atoms. The molecule has 0 unspecified atom stereocenters. The minimum atomic E-state index is -0.0384. The molecule has 2 rings (SSSR count). The molecule has 3 heteroatoms. The van der Waals surface area contributed by atoms with E-state index in [1.165, 1.54) is 16.7 Å². The van der Waals surface area contributed by atoms with Crippen molar-refractivity contribution in [3.05, 3.63) is 58.2 Å². The van der Waals surface area contributed by atoms with Crippen LogP contribution in [0.1, 0.15) is 33.9 Å². The van der Waals surface area contributed by atoms with Gasteiger partial charge in [-0.2, -0.15) is 0 Å². The Morgan fingerprint density at radius 2 is 1.78 bits per heavy atom. The molecule has 2 aromatic rings. The number of aliphatic hydroxyl groups is 1. The minimum absolute atomic E-state index is 0.0384. The van der Waals surface area contributed by atoms with E-state index in [-0.39, 0.29) is 6.61 Å². The van der Waals surface area contributed by atoms with Gasteiger partial charge in [0.25, 0.3) is 0 Å². The zero-order valence-electron chi connectivity index (χ0n) is 11.1. The highest BCUT2D eigenvalue weighted by Crippen LogP contribution is 2.13. The average Bonchev–Trinajstić information content (AvgIpc) is 2.33. The van der Waals surface area contributed by atoms with Crippen molar-refractivity contribution in [2.45, 2.75) is 33.8 Å². The van der Waals surface area contributed by atoms with Crippen LogP contribution in [0.5, 0.6) is 0 Å². The molecular formula is C15H18N2O. The molecule has 0 atom stereocenters. The van der Waals surface area contributed by atoms with Crippen LogP contribution in [0.3, 0.4) is 0 Å². The molecule has 0 aliphatic heterocycles. The number of aryl methyl sites for hydroxylation is 3. The molecule has 0 amide bonds. The Kier molecular flexibility index (Phi) is 3.72. The number of benzene rings is 1. The summed E-state index contributed by atoms with van der Waals surface area (Å²) in [5.74, 6) is 0.766. The zero-order chi connectivity index (χ0) is 13.1.